The van der Waals surface area contributed by atoms with Gasteiger partial charge in [0, 0.05) is 5.56 Å². The Kier molecular flexibility index (Phi) is 4.26. The van der Waals surface area contributed by atoms with Gasteiger partial charge < -0.3 is 5.11 Å². The van der Waals surface area contributed by atoms with Crippen LogP contribution >= 0.6 is 0 Å². The van der Waals surface area contributed by atoms with Crippen molar-refractivity contribution in [3.63, 3.8) is 0 Å². The summed E-state index contributed by atoms with van der Waals surface area (Å²) < 4.78 is 0. The maximum Gasteiger partial charge on any atom is 0.123 e. The third-order valence-corrected chi connectivity index (χ3v) is 3.72. The Labute approximate surface area is 115 Å². The molecular formula is C18H22O. The fraction of sp³-hybridized carbons (Fsp3) is 0.333. The highest BCUT2D eigenvalue weighted by Gasteiger charge is 2.09. The average molecular weight is 254 g/mol. The van der Waals surface area contributed by atoms with Crippen molar-refractivity contribution in [2.75, 3.05) is 0 Å². The molecule has 0 fully saturated rings. The van der Waals surface area contributed by atoms with E-state index >= 15 is 0 Å². The molecule has 0 aliphatic rings. The van der Waals surface area contributed by atoms with Gasteiger partial charge in [-0.1, -0.05) is 51.1 Å². The molecule has 2 aromatic rings. The van der Waals surface area contributed by atoms with Crippen LogP contribution in [0.25, 0.3) is 11.1 Å². The Morgan fingerprint density at radius 2 is 1.32 bits per heavy atom. The molecule has 0 saturated carbocycles. The van der Waals surface area contributed by atoms with Crippen molar-refractivity contribution in [1.82, 2.24) is 0 Å². The molecule has 0 heterocycles. The first-order chi connectivity index (χ1) is 9.19. The van der Waals surface area contributed by atoms with Crippen LogP contribution in [0.15, 0.2) is 36.4 Å². The molecule has 2 aromatic carbocycles. The average Bonchev–Trinajstić information content (AvgIpc) is 2.46. The van der Waals surface area contributed by atoms with Gasteiger partial charge in [-0.3, -0.25) is 0 Å². The van der Waals surface area contributed by atoms with Gasteiger partial charge in [0.1, 0.15) is 5.75 Å². The molecule has 1 heteroatoms. The van der Waals surface area contributed by atoms with Crippen LogP contribution in [0.5, 0.6) is 5.75 Å². The van der Waals surface area contributed by atoms with Crippen LogP contribution in [-0.2, 0) is 19.3 Å². The van der Waals surface area contributed by atoms with E-state index in [4.69, 9.17) is 0 Å². The van der Waals surface area contributed by atoms with Crippen LogP contribution in [0.4, 0.5) is 0 Å². The van der Waals surface area contributed by atoms with Crippen molar-refractivity contribution >= 4 is 0 Å². The second-order valence-electron chi connectivity index (χ2n) is 4.90. The van der Waals surface area contributed by atoms with E-state index < -0.39 is 0 Å². The zero-order chi connectivity index (χ0) is 13.8. The molecular weight excluding hydrogens is 232 g/mol. The van der Waals surface area contributed by atoms with Gasteiger partial charge in [0.25, 0.3) is 0 Å². The molecule has 19 heavy (non-hydrogen) atoms. The molecule has 0 aromatic heterocycles. The van der Waals surface area contributed by atoms with Gasteiger partial charge in [0.05, 0.1) is 0 Å². The van der Waals surface area contributed by atoms with Crippen molar-refractivity contribution < 1.29 is 5.11 Å². The predicted molar refractivity (Wildman–Crippen MR) is 81.7 cm³/mol. The summed E-state index contributed by atoms with van der Waals surface area (Å²) in [5.41, 5.74) is 5.92. The summed E-state index contributed by atoms with van der Waals surface area (Å²) in [7, 11) is 0. The lowest BCUT2D eigenvalue weighted by Gasteiger charge is -2.12. The standard InChI is InChI=1S/C18H22O/c1-4-13-7-9-16(15(6-3)11-13)17-10-8-14(5-2)12-18(17)19/h7-12,19H,4-6H2,1-3H3. The minimum absolute atomic E-state index is 0.387. The number of aromatic hydroxyl groups is 1. The fourth-order valence-corrected chi connectivity index (χ4v) is 2.45. The first kappa shape index (κ1) is 13.7. The van der Waals surface area contributed by atoms with Gasteiger partial charge in [-0.15, -0.1) is 0 Å². The normalized spacial score (nSPS) is 10.7. The highest BCUT2D eigenvalue weighted by Crippen LogP contribution is 2.33. The first-order valence-corrected chi connectivity index (χ1v) is 7.13. The van der Waals surface area contributed by atoms with Crippen LogP contribution in [0, 0.1) is 0 Å². The molecule has 2 rings (SSSR count). The third kappa shape index (κ3) is 2.81. The SMILES string of the molecule is CCc1ccc(-c2ccc(CC)cc2CC)c(O)c1. The second-order valence-corrected chi connectivity index (χ2v) is 4.90. The lowest BCUT2D eigenvalue weighted by atomic mass is 9.94. The largest absolute Gasteiger partial charge is 0.507 e. The lowest BCUT2D eigenvalue weighted by Crippen LogP contribution is -1.92. The van der Waals surface area contributed by atoms with Crippen molar-refractivity contribution in [1.29, 1.82) is 0 Å². The van der Waals surface area contributed by atoms with Gasteiger partial charge in [0.15, 0.2) is 0 Å². The molecule has 0 aliphatic carbocycles. The number of hydrogen-bond donors (Lipinski definition) is 1. The minimum Gasteiger partial charge on any atom is -0.507 e. The summed E-state index contributed by atoms with van der Waals surface area (Å²) in [4.78, 5) is 0. The third-order valence-electron chi connectivity index (χ3n) is 3.72. The zero-order valence-corrected chi connectivity index (χ0v) is 12.0. The summed E-state index contributed by atoms with van der Waals surface area (Å²) in [6.07, 6.45) is 2.98. The van der Waals surface area contributed by atoms with Crippen molar-refractivity contribution in [3.05, 3.63) is 53.1 Å². The van der Waals surface area contributed by atoms with Crippen molar-refractivity contribution in [3.8, 4) is 16.9 Å². The van der Waals surface area contributed by atoms with Gasteiger partial charge in [-0.2, -0.15) is 0 Å². The summed E-state index contributed by atoms with van der Waals surface area (Å²) >= 11 is 0. The summed E-state index contributed by atoms with van der Waals surface area (Å²) in [6.45, 7) is 6.43. The topological polar surface area (TPSA) is 20.2 Å². The van der Waals surface area contributed by atoms with E-state index in [-0.39, 0.29) is 0 Å². The molecule has 0 bridgehead atoms. The van der Waals surface area contributed by atoms with Crippen LogP contribution in [0.2, 0.25) is 0 Å². The molecule has 0 spiro atoms. The lowest BCUT2D eigenvalue weighted by molar-refractivity contribution is 0.476. The Morgan fingerprint density at radius 1 is 0.737 bits per heavy atom. The summed E-state index contributed by atoms with van der Waals surface area (Å²) in [5, 5.41) is 10.2. The van der Waals surface area contributed by atoms with E-state index in [0.717, 1.165) is 30.4 Å². The molecule has 0 amide bonds. The van der Waals surface area contributed by atoms with Gasteiger partial charge in [0.2, 0.25) is 0 Å². The number of phenolic OH excluding ortho intramolecular Hbond substituents is 1. The quantitative estimate of drug-likeness (QED) is 0.835. The number of benzene rings is 2. The highest BCUT2D eigenvalue weighted by molar-refractivity contribution is 5.73. The van der Waals surface area contributed by atoms with E-state index in [1.165, 1.54) is 16.7 Å². The van der Waals surface area contributed by atoms with Crippen LogP contribution in [-0.4, -0.2) is 5.11 Å². The van der Waals surface area contributed by atoms with Gasteiger partial charge in [-0.25, -0.2) is 0 Å². The molecule has 0 aliphatic heterocycles. The first-order valence-electron chi connectivity index (χ1n) is 7.13. The van der Waals surface area contributed by atoms with E-state index in [1.54, 1.807) is 0 Å². The summed E-state index contributed by atoms with van der Waals surface area (Å²) in [6, 6.07) is 12.6. The maximum atomic E-state index is 10.2. The number of rotatable bonds is 4. The Hall–Kier alpha value is -1.76. The van der Waals surface area contributed by atoms with Crippen LogP contribution in [0.3, 0.4) is 0 Å². The van der Waals surface area contributed by atoms with Crippen LogP contribution < -0.4 is 0 Å². The van der Waals surface area contributed by atoms with E-state index in [2.05, 4.69) is 45.0 Å². The fourth-order valence-electron chi connectivity index (χ4n) is 2.45. The van der Waals surface area contributed by atoms with E-state index in [1.807, 2.05) is 12.1 Å². The van der Waals surface area contributed by atoms with Gasteiger partial charge in [-0.05, 0) is 47.6 Å². The Balaban J connectivity index is 2.52. The van der Waals surface area contributed by atoms with Gasteiger partial charge >= 0.3 is 0 Å². The minimum atomic E-state index is 0.387. The van der Waals surface area contributed by atoms with E-state index in [0.29, 0.717) is 5.75 Å². The number of phenols is 1. The smallest absolute Gasteiger partial charge is 0.123 e. The molecule has 1 N–H and O–H groups in total. The molecule has 0 radical (unpaired) electrons. The monoisotopic (exact) mass is 254 g/mol. The molecule has 100 valence electrons. The highest BCUT2D eigenvalue weighted by atomic mass is 16.3. The maximum absolute atomic E-state index is 10.2. The number of aryl methyl sites for hydroxylation is 3. The second kappa shape index (κ2) is 5.92. The molecule has 0 atom stereocenters. The Bertz CT molecular complexity index is 570. The number of hydrogen-bond acceptors (Lipinski definition) is 1. The summed E-state index contributed by atoms with van der Waals surface area (Å²) in [5.74, 6) is 0.387. The predicted octanol–water partition coefficient (Wildman–Crippen LogP) is 4.75. The van der Waals surface area contributed by atoms with Crippen LogP contribution in [0.1, 0.15) is 37.5 Å². The molecule has 0 saturated heterocycles. The van der Waals surface area contributed by atoms with Crippen molar-refractivity contribution in [2.45, 2.75) is 40.0 Å². The molecule has 0 unspecified atom stereocenters. The Morgan fingerprint density at radius 3 is 1.84 bits per heavy atom. The van der Waals surface area contributed by atoms with E-state index in [9.17, 15) is 5.11 Å². The molecule has 1 nitrogen and oxygen atoms in total. The zero-order valence-electron chi connectivity index (χ0n) is 12.0. The van der Waals surface area contributed by atoms with Crippen molar-refractivity contribution in [2.24, 2.45) is 0 Å².